The molecule has 1 unspecified atom stereocenters. The molecular weight excluding hydrogens is 434 g/mol. The summed E-state index contributed by atoms with van der Waals surface area (Å²) in [5, 5.41) is 17.9. The number of nitro groups is 1. The maximum atomic E-state index is 10.9. The van der Waals surface area contributed by atoms with Gasteiger partial charge in [-0.3, -0.25) is 15.1 Å². The second-order valence-corrected chi connectivity index (χ2v) is 8.56. The van der Waals surface area contributed by atoms with Crippen molar-refractivity contribution in [3.63, 3.8) is 0 Å². The lowest BCUT2D eigenvalue weighted by atomic mass is 10.0. The van der Waals surface area contributed by atoms with Crippen molar-refractivity contribution < 1.29 is 9.34 Å². The number of nitro benzene ring substituents is 1. The summed E-state index contributed by atoms with van der Waals surface area (Å²) in [6.07, 6.45) is 2.77. The van der Waals surface area contributed by atoms with E-state index in [-0.39, 0.29) is 11.7 Å². The number of furan rings is 1. The first kappa shape index (κ1) is 21.0. The monoisotopic (exact) mass is 455 g/mol. The van der Waals surface area contributed by atoms with Gasteiger partial charge in [-0.15, -0.1) is 11.8 Å². The molecule has 4 aromatic rings. The first-order valence-corrected chi connectivity index (χ1v) is 11.8. The number of para-hydroxylation sites is 1. The number of anilines is 1. The van der Waals surface area contributed by atoms with E-state index in [2.05, 4.69) is 30.5 Å². The van der Waals surface area contributed by atoms with E-state index in [0.29, 0.717) is 12.2 Å². The van der Waals surface area contributed by atoms with Crippen LogP contribution < -0.4 is 5.01 Å². The third kappa shape index (κ3) is 4.27. The molecular formula is C26H21N3O3S. The Bertz CT molecular complexity index is 1300. The molecule has 0 amide bonds. The summed E-state index contributed by atoms with van der Waals surface area (Å²) in [5.41, 5.74) is 3.95. The number of hydrogen-bond acceptors (Lipinski definition) is 6. The summed E-state index contributed by atoms with van der Waals surface area (Å²) < 4.78 is 6.24. The van der Waals surface area contributed by atoms with Crippen LogP contribution in [0.15, 0.2) is 105 Å². The molecule has 0 fully saturated rings. The summed E-state index contributed by atoms with van der Waals surface area (Å²) in [4.78, 5) is 11.8. The van der Waals surface area contributed by atoms with Crippen LogP contribution in [0.25, 0.3) is 11.3 Å². The third-order valence-corrected chi connectivity index (χ3v) is 6.42. The molecule has 0 saturated carbocycles. The highest BCUT2D eigenvalue weighted by Crippen LogP contribution is 2.39. The Kier molecular flexibility index (Phi) is 5.71. The van der Waals surface area contributed by atoms with Gasteiger partial charge in [-0.1, -0.05) is 30.3 Å². The Morgan fingerprint density at radius 1 is 0.939 bits per heavy atom. The number of hydrazone groups is 1. The van der Waals surface area contributed by atoms with E-state index in [0.717, 1.165) is 28.3 Å². The average molecular weight is 456 g/mol. The Labute approximate surface area is 195 Å². The molecule has 1 atom stereocenters. The first-order chi connectivity index (χ1) is 16.1. The minimum atomic E-state index is -0.405. The normalized spacial score (nSPS) is 15.5. The number of benzene rings is 3. The molecule has 33 heavy (non-hydrogen) atoms. The fourth-order valence-electron chi connectivity index (χ4n) is 3.94. The Hall–Kier alpha value is -3.84. The van der Waals surface area contributed by atoms with Crippen molar-refractivity contribution in [3.8, 4) is 11.3 Å². The van der Waals surface area contributed by atoms with Gasteiger partial charge in [0.15, 0.2) is 0 Å². The fourth-order valence-corrected chi connectivity index (χ4v) is 4.35. The van der Waals surface area contributed by atoms with Gasteiger partial charge in [0.05, 0.1) is 16.3 Å². The highest BCUT2D eigenvalue weighted by molar-refractivity contribution is 7.98. The van der Waals surface area contributed by atoms with Crippen molar-refractivity contribution in [2.45, 2.75) is 17.4 Å². The molecule has 0 bridgehead atoms. The summed E-state index contributed by atoms with van der Waals surface area (Å²) in [6.45, 7) is 0. The molecule has 0 N–H and O–H groups in total. The second kappa shape index (κ2) is 8.96. The van der Waals surface area contributed by atoms with Crippen LogP contribution in [-0.4, -0.2) is 16.9 Å². The highest BCUT2D eigenvalue weighted by atomic mass is 32.2. The van der Waals surface area contributed by atoms with Gasteiger partial charge in [-0.25, -0.2) is 0 Å². The van der Waals surface area contributed by atoms with Crippen LogP contribution in [0.3, 0.4) is 0 Å². The molecule has 5 rings (SSSR count). The average Bonchev–Trinajstić information content (AvgIpc) is 3.52. The predicted molar refractivity (Wildman–Crippen MR) is 132 cm³/mol. The maximum Gasteiger partial charge on any atom is 0.269 e. The quantitative estimate of drug-likeness (QED) is 0.179. The summed E-state index contributed by atoms with van der Waals surface area (Å²) in [6, 6.07) is 28.7. The predicted octanol–water partition coefficient (Wildman–Crippen LogP) is 6.93. The van der Waals surface area contributed by atoms with Crippen molar-refractivity contribution in [2.24, 2.45) is 5.10 Å². The summed E-state index contributed by atoms with van der Waals surface area (Å²) in [5.74, 6) is 1.47. The topological polar surface area (TPSA) is 71.9 Å². The minimum Gasteiger partial charge on any atom is -0.459 e. The molecule has 0 aliphatic carbocycles. The molecule has 3 aromatic carbocycles. The van der Waals surface area contributed by atoms with E-state index in [1.807, 2.05) is 47.5 Å². The van der Waals surface area contributed by atoms with Gasteiger partial charge in [0.2, 0.25) is 0 Å². The minimum absolute atomic E-state index is 0.0575. The highest BCUT2D eigenvalue weighted by Gasteiger charge is 2.32. The number of rotatable bonds is 6. The van der Waals surface area contributed by atoms with E-state index >= 15 is 0 Å². The molecule has 0 spiro atoms. The van der Waals surface area contributed by atoms with E-state index in [9.17, 15) is 10.1 Å². The van der Waals surface area contributed by atoms with Crippen molar-refractivity contribution in [1.29, 1.82) is 0 Å². The number of thioether (sulfide) groups is 1. The molecule has 6 nitrogen and oxygen atoms in total. The van der Waals surface area contributed by atoms with Crippen molar-refractivity contribution in [2.75, 3.05) is 11.3 Å². The third-order valence-electron chi connectivity index (χ3n) is 5.67. The van der Waals surface area contributed by atoms with E-state index in [4.69, 9.17) is 9.52 Å². The van der Waals surface area contributed by atoms with E-state index in [1.165, 1.54) is 17.0 Å². The summed E-state index contributed by atoms with van der Waals surface area (Å²) in [7, 11) is 0. The number of hydrogen-bond donors (Lipinski definition) is 0. The molecule has 7 heteroatoms. The lowest BCUT2D eigenvalue weighted by Crippen LogP contribution is -2.17. The van der Waals surface area contributed by atoms with Gasteiger partial charge in [-0.05, 0) is 60.4 Å². The van der Waals surface area contributed by atoms with Crippen LogP contribution >= 0.6 is 11.8 Å². The molecule has 1 aliphatic heterocycles. The largest absolute Gasteiger partial charge is 0.459 e. The molecule has 1 aromatic heterocycles. The Balaban J connectivity index is 1.47. The van der Waals surface area contributed by atoms with Crippen molar-refractivity contribution >= 4 is 28.8 Å². The van der Waals surface area contributed by atoms with Gasteiger partial charge < -0.3 is 4.42 Å². The fraction of sp³-hybridized carbons (Fsp3) is 0.115. The lowest BCUT2D eigenvalue weighted by molar-refractivity contribution is -0.384. The first-order valence-electron chi connectivity index (χ1n) is 10.5. The van der Waals surface area contributed by atoms with Crippen LogP contribution in [-0.2, 0) is 0 Å². The second-order valence-electron chi connectivity index (χ2n) is 7.68. The van der Waals surface area contributed by atoms with E-state index in [1.54, 1.807) is 23.9 Å². The van der Waals surface area contributed by atoms with Crippen LogP contribution in [0.4, 0.5) is 11.4 Å². The zero-order chi connectivity index (χ0) is 22.8. The van der Waals surface area contributed by atoms with E-state index < -0.39 is 4.92 Å². The van der Waals surface area contributed by atoms with Gasteiger partial charge in [0.1, 0.15) is 17.6 Å². The van der Waals surface area contributed by atoms with Crippen molar-refractivity contribution in [3.05, 3.63) is 112 Å². The standard InChI is InChI=1S/C26H21N3O3S/c1-33-22-13-9-18(10-14-22)23-17-24(28(27-23)20-5-3-2-4-6-20)26-16-15-25(32-26)19-7-11-21(12-8-19)29(30)31/h2-16,24H,17H2,1H3. The van der Waals surface area contributed by atoms with Gasteiger partial charge in [0, 0.05) is 29.0 Å². The van der Waals surface area contributed by atoms with Crippen LogP contribution in [0.5, 0.6) is 0 Å². The van der Waals surface area contributed by atoms with Crippen LogP contribution in [0.1, 0.15) is 23.8 Å². The Morgan fingerprint density at radius 3 is 2.30 bits per heavy atom. The summed E-state index contributed by atoms with van der Waals surface area (Å²) >= 11 is 1.72. The van der Waals surface area contributed by atoms with Crippen LogP contribution in [0, 0.1) is 10.1 Å². The molecule has 164 valence electrons. The zero-order valence-electron chi connectivity index (χ0n) is 17.9. The number of non-ortho nitro benzene ring substituents is 1. The Morgan fingerprint density at radius 2 is 1.64 bits per heavy atom. The lowest BCUT2D eigenvalue weighted by Gasteiger charge is -2.21. The zero-order valence-corrected chi connectivity index (χ0v) is 18.7. The number of nitrogens with zero attached hydrogens (tertiary/aromatic N) is 3. The van der Waals surface area contributed by atoms with Crippen molar-refractivity contribution in [1.82, 2.24) is 0 Å². The molecule has 1 aliphatic rings. The SMILES string of the molecule is CSc1ccc(C2=NN(c3ccccc3)C(c3ccc(-c4ccc([N+](=O)[O-])cc4)o3)C2)cc1. The maximum absolute atomic E-state index is 10.9. The van der Waals surface area contributed by atoms with Gasteiger partial charge in [-0.2, -0.15) is 5.10 Å². The molecule has 2 heterocycles. The van der Waals surface area contributed by atoms with Gasteiger partial charge >= 0.3 is 0 Å². The van der Waals surface area contributed by atoms with Gasteiger partial charge in [0.25, 0.3) is 5.69 Å². The molecule has 0 radical (unpaired) electrons. The smallest absolute Gasteiger partial charge is 0.269 e. The molecule has 0 saturated heterocycles. The van der Waals surface area contributed by atoms with Crippen LogP contribution in [0.2, 0.25) is 0 Å².